The third-order valence-corrected chi connectivity index (χ3v) is 7.06. The van der Waals surface area contributed by atoms with E-state index >= 15 is 0 Å². The average Bonchev–Trinajstić information content (AvgIpc) is 3.24. The smallest absolute Gasteiger partial charge is 0.118 e. The van der Waals surface area contributed by atoms with Gasteiger partial charge in [0.25, 0.3) is 0 Å². The van der Waals surface area contributed by atoms with Crippen LogP contribution < -0.4 is 15.6 Å². The van der Waals surface area contributed by atoms with Crippen LogP contribution in [-0.2, 0) is 6.42 Å². The second kappa shape index (κ2) is 9.67. The Hall–Kier alpha value is -1.63. The first-order valence-electron chi connectivity index (χ1n) is 10.8. The minimum absolute atomic E-state index is 0.0210. The molecule has 162 valence electrons. The number of methoxy groups -OCH3 is 1. The molecule has 0 amide bonds. The van der Waals surface area contributed by atoms with Gasteiger partial charge in [-0.05, 0) is 73.2 Å². The SMILES string of the molecule is COc1ccc(CC2(CO)CCN(CC3CNNC3c3ccc(Cl)cc3)CC2)cc1. The van der Waals surface area contributed by atoms with Gasteiger partial charge in [0.05, 0.1) is 13.2 Å². The number of aliphatic hydroxyl groups is 1. The fraction of sp³-hybridized carbons (Fsp3) is 0.500. The third kappa shape index (κ3) is 4.98. The molecular formula is C24H32ClN3O2. The Morgan fingerprint density at radius 3 is 2.43 bits per heavy atom. The van der Waals surface area contributed by atoms with Crippen LogP contribution in [0.5, 0.6) is 5.75 Å². The van der Waals surface area contributed by atoms with Gasteiger partial charge < -0.3 is 14.7 Å². The normalized spacial score (nSPS) is 24.1. The summed E-state index contributed by atoms with van der Waals surface area (Å²) in [5.41, 5.74) is 9.29. The lowest BCUT2D eigenvalue weighted by atomic mass is 9.74. The Balaban J connectivity index is 1.34. The molecule has 0 saturated carbocycles. The Morgan fingerprint density at radius 1 is 1.10 bits per heavy atom. The maximum atomic E-state index is 10.2. The standard InChI is InChI=1S/C24H32ClN3O2/c1-30-22-8-2-18(3-9-22)14-24(17-29)10-12-28(13-11-24)16-20-15-26-27-23(20)19-4-6-21(25)7-5-19/h2-9,20,23,26-27,29H,10-17H2,1H3. The highest BCUT2D eigenvalue weighted by Gasteiger charge is 2.36. The highest BCUT2D eigenvalue weighted by atomic mass is 35.5. The van der Waals surface area contributed by atoms with E-state index in [0.29, 0.717) is 12.0 Å². The van der Waals surface area contributed by atoms with Crippen LogP contribution >= 0.6 is 11.6 Å². The Bertz CT molecular complexity index is 804. The zero-order valence-corrected chi connectivity index (χ0v) is 18.4. The maximum absolute atomic E-state index is 10.2. The molecule has 2 unspecified atom stereocenters. The van der Waals surface area contributed by atoms with Crippen molar-refractivity contribution in [3.05, 3.63) is 64.7 Å². The van der Waals surface area contributed by atoms with E-state index in [-0.39, 0.29) is 12.0 Å². The van der Waals surface area contributed by atoms with Crippen LogP contribution in [0.4, 0.5) is 0 Å². The minimum atomic E-state index is -0.0210. The molecule has 3 N–H and O–H groups in total. The van der Waals surface area contributed by atoms with Crippen molar-refractivity contribution in [1.29, 1.82) is 0 Å². The number of halogens is 1. The van der Waals surface area contributed by atoms with Crippen LogP contribution in [0.3, 0.4) is 0 Å². The number of hydrogen-bond acceptors (Lipinski definition) is 5. The zero-order chi connectivity index (χ0) is 21.0. The molecule has 2 fully saturated rings. The van der Waals surface area contributed by atoms with Gasteiger partial charge in [-0.25, -0.2) is 5.43 Å². The van der Waals surface area contributed by atoms with Crippen LogP contribution in [0.2, 0.25) is 5.02 Å². The topological polar surface area (TPSA) is 56.8 Å². The molecule has 30 heavy (non-hydrogen) atoms. The van der Waals surface area contributed by atoms with E-state index in [9.17, 15) is 5.11 Å². The second-order valence-corrected chi connectivity index (χ2v) is 9.23. The zero-order valence-electron chi connectivity index (χ0n) is 17.6. The number of hydrazine groups is 1. The first kappa shape index (κ1) is 21.6. The van der Waals surface area contributed by atoms with Crippen LogP contribution in [0, 0.1) is 11.3 Å². The van der Waals surface area contributed by atoms with Crippen LogP contribution in [0.1, 0.15) is 30.0 Å². The summed E-state index contributed by atoms with van der Waals surface area (Å²) in [6.07, 6.45) is 2.96. The van der Waals surface area contributed by atoms with Crippen molar-refractivity contribution in [2.24, 2.45) is 11.3 Å². The van der Waals surface area contributed by atoms with Crippen molar-refractivity contribution >= 4 is 11.6 Å². The summed E-state index contributed by atoms with van der Waals surface area (Å²) in [4.78, 5) is 2.56. The van der Waals surface area contributed by atoms with Crippen molar-refractivity contribution in [3.8, 4) is 5.75 Å². The molecule has 0 aromatic heterocycles. The number of piperidine rings is 1. The first-order valence-corrected chi connectivity index (χ1v) is 11.2. The second-order valence-electron chi connectivity index (χ2n) is 8.80. The molecule has 5 nitrogen and oxygen atoms in total. The summed E-state index contributed by atoms with van der Waals surface area (Å²) in [5, 5.41) is 11.0. The molecule has 2 atom stereocenters. The van der Waals surface area contributed by atoms with Crippen LogP contribution in [0.15, 0.2) is 48.5 Å². The summed E-state index contributed by atoms with van der Waals surface area (Å²) < 4.78 is 5.26. The number of rotatable bonds is 7. The monoisotopic (exact) mass is 429 g/mol. The predicted octanol–water partition coefficient (Wildman–Crippen LogP) is 3.43. The van der Waals surface area contributed by atoms with E-state index < -0.39 is 0 Å². The van der Waals surface area contributed by atoms with E-state index in [1.54, 1.807) is 7.11 Å². The maximum Gasteiger partial charge on any atom is 0.118 e. The van der Waals surface area contributed by atoms with Crippen molar-refractivity contribution in [2.75, 3.05) is 39.9 Å². The molecule has 2 aliphatic rings. The molecule has 6 heteroatoms. The molecule has 2 aromatic carbocycles. The van der Waals surface area contributed by atoms with Gasteiger partial charge in [-0.3, -0.25) is 5.43 Å². The summed E-state index contributed by atoms with van der Waals surface area (Å²) in [5.74, 6) is 1.38. The van der Waals surface area contributed by atoms with E-state index in [4.69, 9.17) is 16.3 Å². The Kier molecular flexibility index (Phi) is 6.96. The highest BCUT2D eigenvalue weighted by Crippen LogP contribution is 2.36. The Labute approximate surface area is 184 Å². The van der Waals surface area contributed by atoms with Gasteiger partial charge in [0, 0.05) is 30.6 Å². The van der Waals surface area contributed by atoms with Gasteiger partial charge >= 0.3 is 0 Å². The number of nitrogens with zero attached hydrogens (tertiary/aromatic N) is 1. The van der Waals surface area contributed by atoms with Gasteiger partial charge in [-0.1, -0.05) is 35.9 Å². The third-order valence-electron chi connectivity index (χ3n) is 6.81. The lowest BCUT2D eigenvalue weighted by molar-refractivity contribution is 0.0383. The van der Waals surface area contributed by atoms with Gasteiger partial charge in [0.15, 0.2) is 0 Å². The molecule has 4 rings (SSSR count). The fourth-order valence-corrected chi connectivity index (χ4v) is 4.97. The molecule has 2 saturated heterocycles. The molecule has 2 heterocycles. The van der Waals surface area contributed by atoms with E-state index in [0.717, 1.165) is 56.2 Å². The lowest BCUT2D eigenvalue weighted by Gasteiger charge is -2.42. The summed E-state index contributed by atoms with van der Waals surface area (Å²) in [6, 6.07) is 16.7. The number of aliphatic hydroxyl groups excluding tert-OH is 1. The molecular weight excluding hydrogens is 398 g/mol. The van der Waals surface area contributed by atoms with E-state index in [2.05, 4.69) is 40.0 Å². The minimum Gasteiger partial charge on any atom is -0.497 e. The average molecular weight is 430 g/mol. The van der Waals surface area contributed by atoms with Crippen LogP contribution in [-0.4, -0.2) is 49.9 Å². The summed E-state index contributed by atoms with van der Waals surface area (Å²) in [6.45, 7) is 4.31. The van der Waals surface area contributed by atoms with Crippen molar-refractivity contribution in [1.82, 2.24) is 15.8 Å². The molecule has 0 bridgehead atoms. The first-order chi connectivity index (χ1) is 14.6. The van der Waals surface area contributed by atoms with Crippen LogP contribution in [0.25, 0.3) is 0 Å². The van der Waals surface area contributed by atoms with Gasteiger partial charge in [-0.15, -0.1) is 0 Å². The molecule has 0 aliphatic carbocycles. The fourth-order valence-electron chi connectivity index (χ4n) is 4.84. The number of likely N-dealkylation sites (tertiary alicyclic amines) is 1. The quantitative estimate of drug-likeness (QED) is 0.629. The summed E-state index contributed by atoms with van der Waals surface area (Å²) >= 11 is 6.05. The van der Waals surface area contributed by atoms with Gasteiger partial charge in [-0.2, -0.15) is 0 Å². The molecule has 2 aromatic rings. The summed E-state index contributed by atoms with van der Waals surface area (Å²) in [7, 11) is 1.69. The number of nitrogens with one attached hydrogen (secondary N) is 2. The molecule has 2 aliphatic heterocycles. The number of ether oxygens (including phenoxy) is 1. The highest BCUT2D eigenvalue weighted by molar-refractivity contribution is 6.30. The largest absolute Gasteiger partial charge is 0.497 e. The number of hydrogen-bond donors (Lipinski definition) is 3. The van der Waals surface area contributed by atoms with Crippen molar-refractivity contribution < 1.29 is 9.84 Å². The number of benzene rings is 2. The molecule has 0 radical (unpaired) electrons. The van der Waals surface area contributed by atoms with Gasteiger partial charge in [0.2, 0.25) is 0 Å². The van der Waals surface area contributed by atoms with Crippen molar-refractivity contribution in [3.63, 3.8) is 0 Å². The van der Waals surface area contributed by atoms with E-state index in [1.165, 1.54) is 11.1 Å². The van der Waals surface area contributed by atoms with Gasteiger partial charge in [0.1, 0.15) is 5.75 Å². The molecule has 0 spiro atoms. The van der Waals surface area contributed by atoms with Crippen molar-refractivity contribution in [2.45, 2.75) is 25.3 Å². The lowest BCUT2D eigenvalue weighted by Crippen LogP contribution is -2.45. The Morgan fingerprint density at radius 2 is 1.80 bits per heavy atom. The predicted molar refractivity (Wildman–Crippen MR) is 121 cm³/mol. The van der Waals surface area contributed by atoms with E-state index in [1.807, 2.05) is 24.3 Å².